The second kappa shape index (κ2) is 5.60. The first-order valence-electron chi connectivity index (χ1n) is 10.2. The molecule has 1 aromatic rings. The van der Waals surface area contributed by atoms with Crippen LogP contribution in [-0.2, 0) is 11.8 Å². The minimum atomic E-state index is -1.03. The van der Waals surface area contributed by atoms with Crippen LogP contribution < -0.4 is 4.74 Å². The lowest BCUT2D eigenvalue weighted by molar-refractivity contribution is -0.231. The molecule has 26 heavy (non-hydrogen) atoms. The van der Waals surface area contributed by atoms with Gasteiger partial charge in [0.2, 0.25) is 0 Å². The Kier molecular flexibility index (Phi) is 3.63. The Bertz CT molecular complexity index is 733. The highest BCUT2D eigenvalue weighted by atomic mass is 16.5. The van der Waals surface area contributed by atoms with Gasteiger partial charge in [0.25, 0.3) is 0 Å². The minimum Gasteiger partial charge on any atom is -0.504 e. The van der Waals surface area contributed by atoms with Crippen LogP contribution in [0.5, 0.6) is 11.5 Å². The van der Waals surface area contributed by atoms with Crippen molar-refractivity contribution in [2.45, 2.75) is 81.5 Å². The molecule has 0 amide bonds. The van der Waals surface area contributed by atoms with E-state index >= 15 is 0 Å². The van der Waals surface area contributed by atoms with Crippen LogP contribution >= 0.6 is 0 Å². The van der Waals surface area contributed by atoms with Crippen LogP contribution in [0.1, 0.15) is 63.0 Å². The molecular formula is C21H29NO4. The average molecular weight is 359 g/mol. The van der Waals surface area contributed by atoms with Gasteiger partial charge >= 0.3 is 0 Å². The summed E-state index contributed by atoms with van der Waals surface area (Å²) in [6.07, 6.45) is 6.99. The normalized spacial score (nSPS) is 37.5. The first-order chi connectivity index (χ1) is 12.5. The Labute approximate surface area is 154 Å². The molecule has 3 aliphatic carbocycles. The van der Waals surface area contributed by atoms with Crippen molar-refractivity contribution >= 4 is 0 Å². The molecule has 142 valence electrons. The molecule has 0 spiro atoms. The van der Waals surface area contributed by atoms with Gasteiger partial charge in [0.1, 0.15) is 6.10 Å². The quantitative estimate of drug-likeness (QED) is 0.705. The van der Waals surface area contributed by atoms with E-state index in [0.717, 1.165) is 36.8 Å². The van der Waals surface area contributed by atoms with Crippen molar-refractivity contribution in [1.82, 2.24) is 5.06 Å². The van der Waals surface area contributed by atoms with Gasteiger partial charge in [0, 0.05) is 12.1 Å². The van der Waals surface area contributed by atoms with Gasteiger partial charge in [0.15, 0.2) is 11.5 Å². The van der Waals surface area contributed by atoms with Crippen molar-refractivity contribution in [1.29, 1.82) is 0 Å². The molecule has 2 saturated carbocycles. The molecular weight excluding hydrogens is 330 g/mol. The highest BCUT2D eigenvalue weighted by Gasteiger charge is 2.69. The van der Waals surface area contributed by atoms with Crippen LogP contribution in [0.3, 0.4) is 0 Å². The third kappa shape index (κ3) is 2.02. The molecule has 0 radical (unpaired) electrons. The van der Waals surface area contributed by atoms with E-state index in [0.29, 0.717) is 31.1 Å². The Morgan fingerprint density at radius 1 is 1.27 bits per heavy atom. The van der Waals surface area contributed by atoms with Gasteiger partial charge in [-0.1, -0.05) is 19.4 Å². The molecule has 5 heteroatoms. The lowest BCUT2D eigenvalue weighted by atomic mass is 9.50. The second-order valence-corrected chi connectivity index (χ2v) is 8.88. The van der Waals surface area contributed by atoms with E-state index in [-0.39, 0.29) is 17.9 Å². The summed E-state index contributed by atoms with van der Waals surface area (Å²) in [5.74, 6) is 1.31. The van der Waals surface area contributed by atoms with Crippen molar-refractivity contribution in [3.8, 4) is 11.5 Å². The van der Waals surface area contributed by atoms with Gasteiger partial charge in [-0.3, -0.25) is 0 Å². The second-order valence-electron chi connectivity index (χ2n) is 8.88. The summed E-state index contributed by atoms with van der Waals surface area (Å²) >= 11 is 0. The smallest absolute Gasteiger partial charge is 0.165 e. The molecule has 4 aliphatic rings. The van der Waals surface area contributed by atoms with Crippen molar-refractivity contribution in [2.75, 3.05) is 6.54 Å². The number of hydrogen-bond acceptors (Lipinski definition) is 5. The number of aliphatic hydroxyl groups is 1. The van der Waals surface area contributed by atoms with Crippen LogP contribution in [0.15, 0.2) is 12.1 Å². The van der Waals surface area contributed by atoms with Gasteiger partial charge in [-0.15, -0.1) is 0 Å². The molecule has 0 bridgehead atoms. The first-order valence-corrected chi connectivity index (χ1v) is 10.2. The van der Waals surface area contributed by atoms with E-state index in [4.69, 9.17) is 4.74 Å². The van der Waals surface area contributed by atoms with Crippen LogP contribution in [0.4, 0.5) is 0 Å². The van der Waals surface area contributed by atoms with Crippen molar-refractivity contribution in [3.05, 3.63) is 23.3 Å². The number of rotatable bonds is 5. The zero-order valence-electron chi connectivity index (χ0n) is 15.4. The highest BCUT2D eigenvalue weighted by Crippen LogP contribution is 2.64. The van der Waals surface area contributed by atoms with E-state index in [1.165, 1.54) is 17.9 Å². The lowest BCUT2D eigenvalue weighted by Crippen LogP contribution is -2.71. The summed E-state index contributed by atoms with van der Waals surface area (Å²) in [4.78, 5) is 0. The third-order valence-corrected chi connectivity index (χ3v) is 7.39. The molecule has 1 aliphatic heterocycles. The van der Waals surface area contributed by atoms with Crippen molar-refractivity contribution in [3.63, 3.8) is 0 Å². The summed E-state index contributed by atoms with van der Waals surface area (Å²) in [5, 5.41) is 34.9. The Morgan fingerprint density at radius 3 is 2.81 bits per heavy atom. The largest absolute Gasteiger partial charge is 0.504 e. The number of phenolic OH excluding ortho intramolecular Hbond substituents is 1. The molecule has 0 saturated heterocycles. The maximum absolute atomic E-state index is 12.1. The maximum atomic E-state index is 12.1. The SMILES string of the molecule is CCC[C@@]12c3c4ccc(O)c3OC1CCCC2(O)C(N(O)CC1CC1)C4. The van der Waals surface area contributed by atoms with Gasteiger partial charge in [-0.2, -0.15) is 5.06 Å². The standard InChI is InChI=1S/C21H29NO4/c1-2-9-20-17-4-3-10-21(20,24)16(22(25)12-13-5-6-13)11-14-7-8-15(23)19(26-17)18(14)20/h7-8,13,16-17,23-25H,2-6,9-12H2,1H3/t16?,17?,20-,21?/m0/s1. The van der Waals surface area contributed by atoms with E-state index in [1.807, 2.05) is 6.07 Å². The third-order valence-electron chi connectivity index (χ3n) is 7.39. The zero-order valence-corrected chi connectivity index (χ0v) is 15.4. The molecule has 5 nitrogen and oxygen atoms in total. The monoisotopic (exact) mass is 359 g/mol. The summed E-state index contributed by atoms with van der Waals surface area (Å²) in [6.45, 7) is 2.78. The Balaban J connectivity index is 1.69. The fraction of sp³-hybridized carbons (Fsp3) is 0.714. The lowest BCUT2D eigenvalue weighted by Gasteiger charge is -2.58. The predicted octanol–water partition coefficient (Wildman–Crippen LogP) is 3.13. The summed E-state index contributed by atoms with van der Waals surface area (Å²) < 4.78 is 6.27. The van der Waals surface area contributed by atoms with Crippen LogP contribution in [-0.4, -0.2) is 44.8 Å². The van der Waals surface area contributed by atoms with Crippen LogP contribution in [0.2, 0.25) is 0 Å². The van der Waals surface area contributed by atoms with Crippen molar-refractivity contribution in [2.24, 2.45) is 5.92 Å². The van der Waals surface area contributed by atoms with Gasteiger partial charge in [0.05, 0.1) is 17.1 Å². The predicted molar refractivity (Wildman–Crippen MR) is 96.6 cm³/mol. The molecule has 0 aromatic heterocycles. The Hall–Kier alpha value is -1.30. The summed E-state index contributed by atoms with van der Waals surface area (Å²) in [7, 11) is 0. The zero-order chi connectivity index (χ0) is 18.1. The number of aromatic hydroxyl groups is 1. The van der Waals surface area contributed by atoms with Gasteiger partial charge < -0.3 is 20.2 Å². The highest BCUT2D eigenvalue weighted by molar-refractivity contribution is 5.61. The number of benzene rings is 1. The first kappa shape index (κ1) is 16.8. The number of phenols is 1. The molecule has 2 fully saturated rings. The Morgan fingerprint density at radius 2 is 2.08 bits per heavy atom. The van der Waals surface area contributed by atoms with Crippen LogP contribution in [0.25, 0.3) is 0 Å². The molecule has 4 atom stereocenters. The fourth-order valence-electron chi connectivity index (χ4n) is 6.16. The van der Waals surface area contributed by atoms with Gasteiger partial charge in [-0.25, -0.2) is 0 Å². The topological polar surface area (TPSA) is 73.2 Å². The van der Waals surface area contributed by atoms with E-state index in [2.05, 4.69) is 6.92 Å². The minimum absolute atomic E-state index is 0.125. The van der Waals surface area contributed by atoms with Gasteiger partial charge in [-0.05, 0) is 62.5 Å². The molecule has 5 rings (SSSR count). The average Bonchev–Trinajstić information content (AvgIpc) is 3.35. The molecule has 3 unspecified atom stereocenters. The number of nitrogens with zero attached hydrogens (tertiary/aromatic N) is 1. The number of ether oxygens (including phenoxy) is 1. The maximum Gasteiger partial charge on any atom is 0.165 e. The molecule has 1 heterocycles. The van der Waals surface area contributed by atoms with E-state index in [9.17, 15) is 15.4 Å². The van der Waals surface area contributed by atoms with E-state index < -0.39 is 11.0 Å². The fourth-order valence-corrected chi connectivity index (χ4v) is 6.16. The molecule has 3 N–H and O–H groups in total. The number of hydrogen-bond donors (Lipinski definition) is 3. The van der Waals surface area contributed by atoms with E-state index in [1.54, 1.807) is 6.07 Å². The summed E-state index contributed by atoms with van der Waals surface area (Å²) in [5.41, 5.74) is 0.571. The van der Waals surface area contributed by atoms with Crippen molar-refractivity contribution < 1.29 is 20.2 Å². The van der Waals surface area contributed by atoms with Crippen LogP contribution in [0, 0.1) is 5.92 Å². The number of hydroxylamine groups is 2. The summed E-state index contributed by atoms with van der Waals surface area (Å²) in [6, 6.07) is 3.35. The molecule has 1 aromatic carbocycles.